The fourth-order valence-corrected chi connectivity index (χ4v) is 3.48. The molecule has 0 radical (unpaired) electrons. The quantitative estimate of drug-likeness (QED) is 0.848. The van der Waals surface area contributed by atoms with Crippen molar-refractivity contribution in [3.8, 4) is 0 Å². The lowest BCUT2D eigenvalue weighted by molar-refractivity contribution is 0.0144. The zero-order valence-corrected chi connectivity index (χ0v) is 13.2. The highest BCUT2D eigenvalue weighted by Crippen LogP contribution is 2.25. The van der Waals surface area contributed by atoms with Crippen LogP contribution in [0.5, 0.6) is 0 Å². The molecule has 0 aromatic rings. The van der Waals surface area contributed by atoms with E-state index in [0.717, 1.165) is 31.6 Å². The third kappa shape index (κ3) is 4.17. The van der Waals surface area contributed by atoms with Gasteiger partial charge in [-0.2, -0.15) is 0 Å². The Labute approximate surface area is 119 Å². The largest absolute Gasteiger partial charge is 0.381 e. The Kier molecular flexibility index (Phi) is 5.27. The molecule has 2 saturated heterocycles. The van der Waals surface area contributed by atoms with Gasteiger partial charge in [-0.1, -0.05) is 20.3 Å². The maximum absolute atomic E-state index is 5.49. The fraction of sp³-hybridized carbons (Fsp3) is 1.00. The highest BCUT2D eigenvalue weighted by molar-refractivity contribution is 4.94. The summed E-state index contributed by atoms with van der Waals surface area (Å²) in [6.45, 7) is 14.9. The van der Waals surface area contributed by atoms with Crippen molar-refractivity contribution in [3.63, 3.8) is 0 Å². The molecule has 2 atom stereocenters. The number of ether oxygens (including phenoxy) is 1. The predicted molar refractivity (Wildman–Crippen MR) is 80.4 cm³/mol. The molecule has 0 bridgehead atoms. The molecule has 0 spiro atoms. The van der Waals surface area contributed by atoms with Crippen LogP contribution in [-0.4, -0.2) is 49.3 Å². The van der Waals surface area contributed by atoms with Gasteiger partial charge in [-0.15, -0.1) is 0 Å². The summed E-state index contributed by atoms with van der Waals surface area (Å²) in [6, 6.07) is 0.709. The van der Waals surface area contributed by atoms with Crippen molar-refractivity contribution < 1.29 is 4.74 Å². The number of hydrogen-bond acceptors (Lipinski definition) is 3. The maximum atomic E-state index is 5.49. The number of nitrogens with zero attached hydrogens (tertiary/aromatic N) is 1. The third-order valence-corrected chi connectivity index (χ3v) is 4.99. The van der Waals surface area contributed by atoms with Gasteiger partial charge in [-0.3, -0.25) is 4.90 Å². The summed E-state index contributed by atoms with van der Waals surface area (Å²) in [5.74, 6) is 1.62. The van der Waals surface area contributed by atoms with Crippen LogP contribution in [0.3, 0.4) is 0 Å². The smallest absolute Gasteiger partial charge is 0.0469 e. The lowest BCUT2D eigenvalue weighted by Crippen LogP contribution is -2.63. The Morgan fingerprint density at radius 3 is 2.63 bits per heavy atom. The van der Waals surface area contributed by atoms with Gasteiger partial charge in [0.05, 0.1) is 0 Å². The second-order valence-electron chi connectivity index (χ2n) is 7.20. The predicted octanol–water partition coefficient (Wildman–Crippen LogP) is 2.51. The van der Waals surface area contributed by atoms with E-state index in [4.69, 9.17) is 4.74 Å². The molecule has 2 aliphatic rings. The van der Waals surface area contributed by atoms with Gasteiger partial charge in [0.2, 0.25) is 0 Å². The van der Waals surface area contributed by atoms with Gasteiger partial charge in [0.15, 0.2) is 0 Å². The van der Waals surface area contributed by atoms with Crippen LogP contribution < -0.4 is 5.32 Å². The zero-order chi connectivity index (χ0) is 13.9. The van der Waals surface area contributed by atoms with Crippen molar-refractivity contribution in [1.82, 2.24) is 10.2 Å². The molecule has 1 N–H and O–H groups in total. The monoisotopic (exact) mass is 268 g/mol. The van der Waals surface area contributed by atoms with E-state index in [-0.39, 0.29) is 5.54 Å². The SMILES string of the molecule is CCC(C)C1CNC(C)(C)CN1CC1CCOCC1. The van der Waals surface area contributed by atoms with Crippen molar-refractivity contribution >= 4 is 0 Å². The first kappa shape index (κ1) is 15.3. The lowest BCUT2D eigenvalue weighted by Gasteiger charge is -2.48. The molecule has 3 heteroatoms. The number of hydrogen-bond donors (Lipinski definition) is 1. The van der Waals surface area contributed by atoms with Crippen molar-refractivity contribution in [2.75, 3.05) is 32.8 Å². The van der Waals surface area contributed by atoms with Gasteiger partial charge >= 0.3 is 0 Å². The molecule has 19 heavy (non-hydrogen) atoms. The van der Waals surface area contributed by atoms with Crippen LogP contribution in [0.25, 0.3) is 0 Å². The molecule has 2 rings (SSSR count). The molecule has 2 aliphatic heterocycles. The van der Waals surface area contributed by atoms with E-state index in [9.17, 15) is 0 Å². The standard InChI is InChI=1S/C16H32N2O/c1-5-13(2)15-10-17-16(3,4)12-18(15)11-14-6-8-19-9-7-14/h13-15,17H,5-12H2,1-4H3. The number of rotatable bonds is 4. The second-order valence-corrected chi connectivity index (χ2v) is 7.20. The van der Waals surface area contributed by atoms with Crippen molar-refractivity contribution in [3.05, 3.63) is 0 Å². The highest BCUT2D eigenvalue weighted by Gasteiger charge is 2.35. The van der Waals surface area contributed by atoms with Crippen molar-refractivity contribution in [1.29, 1.82) is 0 Å². The van der Waals surface area contributed by atoms with E-state index in [0.29, 0.717) is 6.04 Å². The zero-order valence-electron chi connectivity index (χ0n) is 13.2. The average Bonchev–Trinajstić information content (AvgIpc) is 2.38. The normalized spacial score (nSPS) is 31.3. The maximum Gasteiger partial charge on any atom is 0.0469 e. The molecule has 3 nitrogen and oxygen atoms in total. The number of nitrogens with one attached hydrogen (secondary N) is 1. The van der Waals surface area contributed by atoms with Crippen LogP contribution in [0.4, 0.5) is 0 Å². The van der Waals surface area contributed by atoms with Gasteiger partial charge in [-0.25, -0.2) is 0 Å². The summed E-state index contributed by atoms with van der Waals surface area (Å²) in [5.41, 5.74) is 0.259. The van der Waals surface area contributed by atoms with Crippen LogP contribution >= 0.6 is 0 Å². The highest BCUT2D eigenvalue weighted by atomic mass is 16.5. The molecule has 2 fully saturated rings. The minimum atomic E-state index is 0.259. The second kappa shape index (κ2) is 6.55. The van der Waals surface area contributed by atoms with Crippen LogP contribution in [0, 0.1) is 11.8 Å². The summed E-state index contributed by atoms with van der Waals surface area (Å²) in [7, 11) is 0. The van der Waals surface area contributed by atoms with Crippen LogP contribution in [-0.2, 0) is 4.74 Å². The van der Waals surface area contributed by atoms with E-state index >= 15 is 0 Å². The first-order valence-corrected chi connectivity index (χ1v) is 8.08. The van der Waals surface area contributed by atoms with Gasteiger partial charge in [0, 0.05) is 44.4 Å². The average molecular weight is 268 g/mol. The van der Waals surface area contributed by atoms with E-state index in [2.05, 4.69) is 37.9 Å². The van der Waals surface area contributed by atoms with Crippen LogP contribution in [0.2, 0.25) is 0 Å². The summed E-state index contributed by atoms with van der Waals surface area (Å²) in [6.07, 6.45) is 3.77. The van der Waals surface area contributed by atoms with Gasteiger partial charge in [0.25, 0.3) is 0 Å². The summed E-state index contributed by atoms with van der Waals surface area (Å²) < 4.78 is 5.49. The van der Waals surface area contributed by atoms with E-state index < -0.39 is 0 Å². The Bertz CT molecular complexity index is 274. The third-order valence-electron chi connectivity index (χ3n) is 4.99. The molecule has 0 aliphatic carbocycles. The minimum absolute atomic E-state index is 0.259. The minimum Gasteiger partial charge on any atom is -0.381 e. The molecule has 0 saturated carbocycles. The molecule has 112 valence electrons. The van der Waals surface area contributed by atoms with E-state index in [1.165, 1.54) is 32.4 Å². The van der Waals surface area contributed by atoms with E-state index in [1.807, 2.05) is 0 Å². The number of piperazine rings is 1. The summed E-state index contributed by atoms with van der Waals surface area (Å²) in [5, 5.41) is 3.72. The molecular weight excluding hydrogens is 236 g/mol. The molecule has 2 heterocycles. The Balaban J connectivity index is 1.97. The summed E-state index contributed by atoms with van der Waals surface area (Å²) in [4.78, 5) is 2.76. The first-order valence-electron chi connectivity index (χ1n) is 8.08. The van der Waals surface area contributed by atoms with Crippen molar-refractivity contribution in [2.24, 2.45) is 11.8 Å². The van der Waals surface area contributed by atoms with Gasteiger partial charge in [0.1, 0.15) is 0 Å². The Morgan fingerprint density at radius 1 is 1.32 bits per heavy atom. The first-order chi connectivity index (χ1) is 9.02. The topological polar surface area (TPSA) is 24.5 Å². The van der Waals surface area contributed by atoms with Gasteiger partial charge < -0.3 is 10.1 Å². The molecule has 0 aromatic heterocycles. The van der Waals surface area contributed by atoms with Gasteiger partial charge in [-0.05, 0) is 38.5 Å². The van der Waals surface area contributed by atoms with Crippen LogP contribution in [0.1, 0.15) is 47.0 Å². The molecular formula is C16H32N2O. The van der Waals surface area contributed by atoms with Crippen LogP contribution in [0.15, 0.2) is 0 Å². The summed E-state index contributed by atoms with van der Waals surface area (Å²) >= 11 is 0. The lowest BCUT2D eigenvalue weighted by atomic mass is 9.88. The Hall–Kier alpha value is -0.120. The molecule has 0 amide bonds. The Morgan fingerprint density at radius 2 is 2.00 bits per heavy atom. The fourth-order valence-electron chi connectivity index (χ4n) is 3.48. The molecule has 0 aromatic carbocycles. The van der Waals surface area contributed by atoms with E-state index in [1.54, 1.807) is 0 Å². The van der Waals surface area contributed by atoms with Crippen molar-refractivity contribution in [2.45, 2.75) is 58.5 Å². The molecule has 2 unspecified atom stereocenters.